The molecule has 2 fully saturated rings. The van der Waals surface area contributed by atoms with Crippen LogP contribution >= 0.6 is 0 Å². The molecule has 17 heavy (non-hydrogen) atoms. The quantitative estimate of drug-likeness (QED) is 0.551. The second-order valence-electron chi connectivity index (χ2n) is 5.80. The van der Waals surface area contributed by atoms with Gasteiger partial charge in [-0.2, -0.15) is 0 Å². The number of hydrogen-bond donors (Lipinski definition) is 0. The molecule has 2 aliphatic carbocycles. The van der Waals surface area contributed by atoms with Crippen LogP contribution in [0.4, 0.5) is 0 Å². The van der Waals surface area contributed by atoms with Crippen molar-refractivity contribution in [3.05, 3.63) is 12.2 Å². The molecule has 2 amide bonds. The van der Waals surface area contributed by atoms with Gasteiger partial charge in [-0.25, -0.2) is 0 Å². The summed E-state index contributed by atoms with van der Waals surface area (Å²) in [4.78, 5) is 26.2. The van der Waals surface area contributed by atoms with Gasteiger partial charge in [0.1, 0.15) is 0 Å². The van der Waals surface area contributed by atoms with Crippen LogP contribution < -0.4 is 0 Å². The van der Waals surface area contributed by atoms with Crippen LogP contribution in [0.1, 0.15) is 26.7 Å². The largest absolute Gasteiger partial charge is 0.282 e. The average Bonchev–Trinajstić information content (AvgIpc) is 2.98. The number of hydrogen-bond acceptors (Lipinski definition) is 2. The van der Waals surface area contributed by atoms with Crippen LogP contribution in [0.2, 0.25) is 0 Å². The van der Waals surface area contributed by atoms with Crippen molar-refractivity contribution >= 4 is 11.8 Å². The summed E-state index contributed by atoms with van der Waals surface area (Å²) in [6.07, 6.45) is 6.31. The van der Waals surface area contributed by atoms with E-state index in [-0.39, 0.29) is 23.7 Å². The van der Waals surface area contributed by atoms with Crippen molar-refractivity contribution in [2.75, 3.05) is 6.54 Å². The summed E-state index contributed by atoms with van der Waals surface area (Å²) in [5.74, 6) is 1.22. The number of likely N-dealkylation sites (tertiary alicyclic amines) is 1. The van der Waals surface area contributed by atoms with Gasteiger partial charge in [-0.05, 0) is 24.2 Å². The predicted molar refractivity (Wildman–Crippen MR) is 63.9 cm³/mol. The van der Waals surface area contributed by atoms with Crippen molar-refractivity contribution in [1.29, 1.82) is 0 Å². The van der Waals surface area contributed by atoms with E-state index < -0.39 is 0 Å². The van der Waals surface area contributed by atoms with Gasteiger partial charge in [-0.1, -0.05) is 32.4 Å². The molecule has 0 radical (unpaired) electrons. The molecule has 3 aliphatic rings. The van der Waals surface area contributed by atoms with Crippen molar-refractivity contribution in [3.8, 4) is 0 Å². The van der Waals surface area contributed by atoms with Gasteiger partial charge < -0.3 is 0 Å². The highest BCUT2D eigenvalue weighted by Crippen LogP contribution is 2.52. The predicted octanol–water partition coefficient (Wildman–Crippen LogP) is 1.84. The molecule has 5 unspecified atom stereocenters. The molecule has 1 heterocycles. The van der Waals surface area contributed by atoms with Crippen molar-refractivity contribution in [3.63, 3.8) is 0 Å². The minimum absolute atomic E-state index is 0.0263. The number of nitrogens with zero attached hydrogens (tertiary/aromatic N) is 1. The highest BCUT2D eigenvalue weighted by molar-refractivity contribution is 6.06. The van der Waals surface area contributed by atoms with Crippen LogP contribution in [0.25, 0.3) is 0 Å². The molecule has 3 nitrogen and oxygen atoms in total. The zero-order valence-electron chi connectivity index (χ0n) is 10.4. The van der Waals surface area contributed by atoms with E-state index >= 15 is 0 Å². The number of rotatable bonds is 3. The maximum Gasteiger partial charge on any atom is 0.233 e. The zero-order chi connectivity index (χ0) is 12.2. The molecule has 2 bridgehead atoms. The Morgan fingerprint density at radius 3 is 2.24 bits per heavy atom. The van der Waals surface area contributed by atoms with Gasteiger partial charge in [0.25, 0.3) is 0 Å². The lowest BCUT2D eigenvalue weighted by Crippen LogP contribution is -2.36. The third-order valence-electron chi connectivity index (χ3n) is 4.75. The zero-order valence-corrected chi connectivity index (χ0v) is 10.4. The van der Waals surface area contributed by atoms with Crippen molar-refractivity contribution < 1.29 is 9.59 Å². The van der Waals surface area contributed by atoms with Crippen LogP contribution in [-0.2, 0) is 9.59 Å². The van der Waals surface area contributed by atoms with E-state index in [0.29, 0.717) is 24.3 Å². The van der Waals surface area contributed by atoms with E-state index in [4.69, 9.17) is 0 Å². The molecule has 92 valence electrons. The highest BCUT2D eigenvalue weighted by Gasteiger charge is 2.59. The Hall–Kier alpha value is -1.12. The van der Waals surface area contributed by atoms with E-state index in [1.807, 2.05) is 0 Å². The van der Waals surface area contributed by atoms with Gasteiger partial charge in [0.15, 0.2) is 0 Å². The van der Waals surface area contributed by atoms with Gasteiger partial charge in [-0.15, -0.1) is 0 Å². The Kier molecular flexibility index (Phi) is 2.39. The van der Waals surface area contributed by atoms with Crippen LogP contribution in [0.15, 0.2) is 12.2 Å². The van der Waals surface area contributed by atoms with Crippen LogP contribution in [0.3, 0.4) is 0 Å². The second kappa shape index (κ2) is 3.69. The molecular formula is C14H19NO2. The van der Waals surface area contributed by atoms with E-state index in [1.165, 1.54) is 4.90 Å². The van der Waals surface area contributed by atoms with Gasteiger partial charge in [0.05, 0.1) is 11.8 Å². The van der Waals surface area contributed by atoms with Gasteiger partial charge in [0, 0.05) is 6.54 Å². The molecule has 0 aromatic heterocycles. The van der Waals surface area contributed by atoms with Crippen LogP contribution in [0.5, 0.6) is 0 Å². The summed E-state index contributed by atoms with van der Waals surface area (Å²) in [6.45, 7) is 4.81. The third-order valence-corrected chi connectivity index (χ3v) is 4.75. The van der Waals surface area contributed by atoms with Crippen molar-refractivity contribution in [2.45, 2.75) is 26.7 Å². The Balaban J connectivity index is 1.83. The number of imide groups is 1. The first kappa shape index (κ1) is 11.0. The fourth-order valence-corrected chi connectivity index (χ4v) is 3.58. The molecule has 0 spiro atoms. The first-order valence-electron chi connectivity index (χ1n) is 6.67. The summed E-state index contributed by atoms with van der Waals surface area (Å²) in [6, 6.07) is 0. The normalized spacial score (nSPS) is 40.2. The Morgan fingerprint density at radius 1 is 1.24 bits per heavy atom. The third kappa shape index (κ3) is 1.41. The van der Waals surface area contributed by atoms with Crippen LogP contribution in [0, 0.1) is 29.6 Å². The number of allylic oxidation sites excluding steroid dienone is 2. The van der Waals surface area contributed by atoms with E-state index in [0.717, 1.165) is 12.8 Å². The number of fused-ring (bicyclic) bond motifs is 5. The smallest absolute Gasteiger partial charge is 0.233 e. The lowest BCUT2D eigenvalue weighted by Gasteiger charge is -2.20. The molecule has 1 saturated carbocycles. The monoisotopic (exact) mass is 233 g/mol. The Labute approximate surface area is 102 Å². The molecule has 3 heteroatoms. The molecule has 1 aliphatic heterocycles. The fourth-order valence-electron chi connectivity index (χ4n) is 3.58. The summed E-state index contributed by atoms with van der Waals surface area (Å²) < 4.78 is 0. The van der Waals surface area contributed by atoms with Crippen molar-refractivity contribution in [1.82, 2.24) is 4.90 Å². The second-order valence-corrected chi connectivity index (χ2v) is 5.80. The van der Waals surface area contributed by atoms with Crippen molar-refractivity contribution in [2.24, 2.45) is 29.6 Å². The molecule has 0 aromatic carbocycles. The topological polar surface area (TPSA) is 37.4 Å². The number of carbonyl (C=O) groups excluding carboxylic acids is 2. The average molecular weight is 233 g/mol. The Morgan fingerprint density at radius 2 is 1.76 bits per heavy atom. The standard InChI is InChI=1S/C14H19NO2/c1-3-8(2)7-15-13(16)11-9-4-5-10(6-9)12(11)14(15)17/h4-5,8-12H,3,6-7H2,1-2H3. The number of carbonyl (C=O) groups is 2. The van der Waals surface area contributed by atoms with E-state index in [2.05, 4.69) is 26.0 Å². The first-order chi connectivity index (χ1) is 8.13. The lowest BCUT2D eigenvalue weighted by atomic mass is 9.85. The maximum absolute atomic E-state index is 12.3. The first-order valence-corrected chi connectivity index (χ1v) is 6.67. The van der Waals surface area contributed by atoms with E-state index in [9.17, 15) is 9.59 Å². The van der Waals surface area contributed by atoms with Gasteiger partial charge >= 0.3 is 0 Å². The molecule has 3 rings (SSSR count). The minimum atomic E-state index is -0.0263. The fraction of sp³-hybridized carbons (Fsp3) is 0.714. The molecular weight excluding hydrogens is 214 g/mol. The van der Waals surface area contributed by atoms with Gasteiger partial charge in [-0.3, -0.25) is 14.5 Å². The lowest BCUT2D eigenvalue weighted by molar-refractivity contribution is -0.141. The number of amides is 2. The van der Waals surface area contributed by atoms with E-state index in [1.54, 1.807) is 0 Å². The minimum Gasteiger partial charge on any atom is -0.282 e. The summed E-state index contributed by atoms with van der Waals surface area (Å²) in [5.41, 5.74) is 0. The highest BCUT2D eigenvalue weighted by atomic mass is 16.2. The summed E-state index contributed by atoms with van der Waals surface area (Å²) >= 11 is 0. The SMILES string of the molecule is CCC(C)CN1C(=O)C2C3C=CC(C3)C2C1=O. The molecule has 0 aromatic rings. The Bertz CT molecular complexity index is 371. The maximum atomic E-state index is 12.3. The van der Waals surface area contributed by atoms with Crippen LogP contribution in [-0.4, -0.2) is 23.3 Å². The summed E-state index contributed by atoms with van der Waals surface area (Å²) in [5, 5.41) is 0. The molecule has 1 saturated heterocycles. The molecule has 0 N–H and O–H groups in total. The van der Waals surface area contributed by atoms with Gasteiger partial charge in [0.2, 0.25) is 11.8 Å². The molecule has 5 atom stereocenters. The summed E-state index contributed by atoms with van der Waals surface area (Å²) in [7, 11) is 0.